The predicted molar refractivity (Wildman–Crippen MR) is 194 cm³/mol. The van der Waals surface area contributed by atoms with E-state index in [1.165, 1.54) is 4.90 Å². The second kappa shape index (κ2) is 16.1. The molecule has 2 aliphatic carbocycles. The summed E-state index contributed by atoms with van der Waals surface area (Å²) in [4.78, 5) is 60.5. The topological polar surface area (TPSA) is 147 Å². The molecule has 0 radical (unpaired) electrons. The van der Waals surface area contributed by atoms with Crippen LogP contribution in [0.1, 0.15) is 89.2 Å². The first kappa shape index (κ1) is 36.1. The Balaban J connectivity index is 1.24. The van der Waals surface area contributed by atoms with Gasteiger partial charge in [0.2, 0.25) is 11.8 Å². The number of unbranched alkanes of at least 4 members (excludes halogenated alkanes) is 1. The molecule has 6 rings (SSSR count). The summed E-state index contributed by atoms with van der Waals surface area (Å²) in [5, 5.41) is 16.7. The summed E-state index contributed by atoms with van der Waals surface area (Å²) in [5.41, 5.74) is -0.116. The van der Waals surface area contributed by atoms with Crippen LogP contribution in [0.3, 0.4) is 0 Å². The Morgan fingerprint density at radius 2 is 1.96 bits per heavy atom. The molecule has 51 heavy (non-hydrogen) atoms. The van der Waals surface area contributed by atoms with Crippen molar-refractivity contribution in [1.29, 1.82) is 0 Å². The number of fused-ring (bicyclic) bond motifs is 3. The summed E-state index contributed by atoms with van der Waals surface area (Å²) >= 11 is 0. The lowest BCUT2D eigenvalue weighted by molar-refractivity contribution is -0.145. The number of carbonyl (C=O) groups excluding carboxylic acids is 3. The highest BCUT2D eigenvalue weighted by Gasteiger charge is 2.61. The number of nitrogens with one attached hydrogen (secondary N) is 2. The number of benzene rings is 1. The second-order valence-corrected chi connectivity index (χ2v) is 14.4. The number of nitrogens with zero attached hydrogens (tertiary/aromatic N) is 2. The molecule has 7 atom stereocenters. The van der Waals surface area contributed by atoms with Gasteiger partial charge in [-0.05, 0) is 88.3 Å². The van der Waals surface area contributed by atoms with Crippen molar-refractivity contribution in [2.24, 2.45) is 11.8 Å². The maximum Gasteiger partial charge on any atom is 0.408 e. The number of carboxylic acids is 1. The lowest BCUT2D eigenvalue weighted by atomic mass is 9.98. The molecule has 2 saturated carbocycles. The molecule has 0 bridgehead atoms. The SMILES string of the molecule is C=CCCC[C@@H]1CCC[C@H]1OC(=O)N[C@H]1CCCCCC=C[C@@H]2C[C@@]2(C(=O)O)NC(=O)[C@@H]2C[C@@H](Oc3cc4ccccc4nc3C=C)CN2C1=O. The van der Waals surface area contributed by atoms with E-state index in [1.807, 2.05) is 48.6 Å². The largest absolute Gasteiger partial charge is 0.486 e. The summed E-state index contributed by atoms with van der Waals surface area (Å²) in [5.74, 6) is -1.67. The van der Waals surface area contributed by atoms with Crippen molar-refractivity contribution >= 4 is 40.9 Å². The monoisotopic (exact) mass is 698 g/mol. The van der Waals surface area contributed by atoms with E-state index in [0.29, 0.717) is 24.3 Å². The fourth-order valence-corrected chi connectivity index (χ4v) is 8.00. The average Bonchev–Trinajstić information content (AvgIpc) is 3.39. The molecule has 2 aliphatic heterocycles. The van der Waals surface area contributed by atoms with Gasteiger partial charge in [0, 0.05) is 17.7 Å². The molecule has 3 amide bonds. The number of hydrogen-bond donors (Lipinski definition) is 3. The number of carboxylic acid groups (broad SMARTS) is 1. The van der Waals surface area contributed by atoms with Gasteiger partial charge in [-0.3, -0.25) is 9.59 Å². The molecule has 1 saturated heterocycles. The van der Waals surface area contributed by atoms with Crippen molar-refractivity contribution < 1.29 is 33.8 Å². The minimum atomic E-state index is -1.43. The summed E-state index contributed by atoms with van der Waals surface area (Å²) < 4.78 is 12.4. The van der Waals surface area contributed by atoms with E-state index in [0.717, 1.165) is 68.7 Å². The standard InChI is InChI=1S/C40H50N4O7/c1-3-5-9-15-26-17-14-21-34(26)51-39(49)42-32-20-11-8-6-7-10-18-28-24-40(28,38(47)48)43-36(45)33-23-29(25-44(33)37(32)46)50-35-22-27-16-12-13-19-31(27)41-30(35)4-2/h3-4,10,12-13,16,18-19,22,26,28-29,32-34H,1-2,5-9,11,14-15,17,20-21,23-25H2,(H,42,49)(H,43,45)(H,47,48)/t26-,28-,29-,32+,33+,34-,40-/m1/s1. The van der Waals surface area contributed by atoms with E-state index in [2.05, 4.69) is 28.8 Å². The van der Waals surface area contributed by atoms with E-state index in [-0.39, 0.29) is 37.3 Å². The number of pyridine rings is 1. The van der Waals surface area contributed by atoms with Gasteiger partial charge in [0.15, 0.2) is 0 Å². The van der Waals surface area contributed by atoms with Crippen LogP contribution in [0.2, 0.25) is 0 Å². The van der Waals surface area contributed by atoms with E-state index in [1.54, 1.807) is 6.08 Å². The van der Waals surface area contributed by atoms with Crippen LogP contribution in [0, 0.1) is 11.8 Å². The summed E-state index contributed by atoms with van der Waals surface area (Å²) in [6.45, 7) is 7.77. The third-order valence-corrected chi connectivity index (χ3v) is 10.9. The minimum Gasteiger partial charge on any atom is -0.486 e. The van der Waals surface area contributed by atoms with E-state index < -0.39 is 47.6 Å². The molecule has 0 unspecified atom stereocenters. The highest BCUT2D eigenvalue weighted by molar-refractivity contribution is 5.96. The van der Waals surface area contributed by atoms with Crippen molar-refractivity contribution in [1.82, 2.24) is 20.5 Å². The Hall–Kier alpha value is -4.67. The Morgan fingerprint density at radius 3 is 2.76 bits per heavy atom. The third-order valence-electron chi connectivity index (χ3n) is 10.9. The van der Waals surface area contributed by atoms with Gasteiger partial charge in [-0.15, -0.1) is 6.58 Å². The smallest absolute Gasteiger partial charge is 0.408 e. The molecule has 11 heteroatoms. The van der Waals surface area contributed by atoms with Crippen molar-refractivity contribution in [3.63, 3.8) is 0 Å². The van der Waals surface area contributed by atoms with Gasteiger partial charge in [-0.2, -0.15) is 0 Å². The predicted octanol–water partition coefficient (Wildman–Crippen LogP) is 6.33. The van der Waals surface area contributed by atoms with Gasteiger partial charge in [0.25, 0.3) is 0 Å². The minimum absolute atomic E-state index is 0.0605. The number of aliphatic carboxylic acids is 1. The first-order valence-electron chi connectivity index (χ1n) is 18.5. The molecular weight excluding hydrogens is 648 g/mol. The lowest BCUT2D eigenvalue weighted by Gasteiger charge is -2.30. The Morgan fingerprint density at radius 1 is 1.12 bits per heavy atom. The fourth-order valence-electron chi connectivity index (χ4n) is 8.00. The first-order chi connectivity index (χ1) is 24.7. The number of ether oxygens (including phenoxy) is 2. The number of hydrogen-bond acceptors (Lipinski definition) is 7. The van der Waals surface area contributed by atoms with Crippen LogP contribution in [0.5, 0.6) is 5.75 Å². The molecule has 2 aromatic rings. The third kappa shape index (κ3) is 8.29. The van der Waals surface area contributed by atoms with Crippen LogP contribution in [0.25, 0.3) is 17.0 Å². The molecule has 3 heterocycles. The fraction of sp³-hybridized carbons (Fsp3) is 0.525. The molecular formula is C40H50N4O7. The molecule has 4 aliphatic rings. The molecule has 0 spiro atoms. The quantitative estimate of drug-likeness (QED) is 0.193. The van der Waals surface area contributed by atoms with E-state index >= 15 is 0 Å². The normalized spacial score (nSPS) is 29.5. The van der Waals surface area contributed by atoms with Crippen LogP contribution < -0.4 is 15.4 Å². The van der Waals surface area contributed by atoms with E-state index in [9.17, 15) is 24.3 Å². The van der Waals surface area contributed by atoms with E-state index in [4.69, 9.17) is 9.47 Å². The highest BCUT2D eigenvalue weighted by atomic mass is 16.6. The number of allylic oxidation sites excluding steroid dienone is 2. The van der Waals surface area contributed by atoms with Crippen LogP contribution >= 0.6 is 0 Å². The van der Waals surface area contributed by atoms with Crippen molar-refractivity contribution in [3.05, 3.63) is 67.4 Å². The molecule has 3 N–H and O–H groups in total. The van der Waals surface area contributed by atoms with Gasteiger partial charge in [-0.1, -0.05) is 55.8 Å². The van der Waals surface area contributed by atoms with Crippen molar-refractivity contribution in [3.8, 4) is 5.75 Å². The van der Waals surface area contributed by atoms with Gasteiger partial charge < -0.3 is 30.1 Å². The Bertz CT molecular complexity index is 1680. The number of alkyl carbamates (subject to hydrolysis) is 1. The van der Waals surface area contributed by atoms with Crippen LogP contribution in [-0.2, 0) is 19.1 Å². The number of rotatable bonds is 10. The lowest BCUT2D eigenvalue weighted by Crippen LogP contribution is -2.56. The Kier molecular flexibility index (Phi) is 11.4. The van der Waals surface area contributed by atoms with Gasteiger partial charge >= 0.3 is 12.1 Å². The van der Waals surface area contributed by atoms with Crippen LogP contribution in [-0.4, -0.2) is 75.2 Å². The maximum atomic E-state index is 14.5. The van der Waals surface area contributed by atoms with Crippen molar-refractivity contribution in [2.45, 2.75) is 113 Å². The number of aromatic nitrogens is 1. The summed E-state index contributed by atoms with van der Waals surface area (Å²) in [6, 6.07) is 7.55. The number of para-hydroxylation sites is 1. The zero-order chi connectivity index (χ0) is 36.0. The van der Waals surface area contributed by atoms with Crippen LogP contribution in [0.15, 0.2) is 61.7 Å². The average molecular weight is 699 g/mol. The van der Waals surface area contributed by atoms with Gasteiger partial charge in [0.1, 0.15) is 41.3 Å². The van der Waals surface area contributed by atoms with Gasteiger partial charge in [0.05, 0.1) is 12.1 Å². The van der Waals surface area contributed by atoms with Gasteiger partial charge in [-0.25, -0.2) is 14.6 Å². The summed E-state index contributed by atoms with van der Waals surface area (Å²) in [7, 11) is 0. The maximum absolute atomic E-state index is 14.5. The molecule has 3 fully saturated rings. The molecule has 272 valence electrons. The zero-order valence-electron chi connectivity index (χ0n) is 29.3. The summed E-state index contributed by atoms with van der Waals surface area (Å²) in [6.07, 6.45) is 15.4. The Labute approximate surface area is 299 Å². The molecule has 1 aromatic heterocycles. The second-order valence-electron chi connectivity index (χ2n) is 14.4. The highest BCUT2D eigenvalue weighted by Crippen LogP contribution is 2.45. The van der Waals surface area contributed by atoms with Crippen LogP contribution in [0.4, 0.5) is 4.79 Å². The molecule has 11 nitrogen and oxygen atoms in total. The first-order valence-corrected chi connectivity index (χ1v) is 18.5. The molecule has 1 aromatic carbocycles. The zero-order valence-corrected chi connectivity index (χ0v) is 29.3. The number of carbonyl (C=O) groups is 4. The number of amides is 3. The van der Waals surface area contributed by atoms with Crippen molar-refractivity contribution in [2.75, 3.05) is 6.54 Å².